The number of halogens is 1. The zero-order valence-corrected chi connectivity index (χ0v) is 15.3. The standard InChI is InChI=1S/C19H21ClN4O/c1-4-13(2)21-19(25)18-12-16(17-6-5-11-23(17)3)22-24(18)15-9-7-14(20)8-10-15/h5-13H,4H2,1-3H3,(H,21,25). The predicted molar refractivity (Wildman–Crippen MR) is 100 cm³/mol. The van der Waals surface area contributed by atoms with Gasteiger partial charge in [-0.15, -0.1) is 0 Å². The minimum Gasteiger partial charge on any atom is -0.349 e. The van der Waals surface area contributed by atoms with E-state index in [9.17, 15) is 4.79 Å². The maximum atomic E-state index is 12.7. The van der Waals surface area contributed by atoms with Crippen LogP contribution in [0.1, 0.15) is 30.8 Å². The summed E-state index contributed by atoms with van der Waals surface area (Å²) in [6.07, 6.45) is 2.82. The average molecular weight is 357 g/mol. The van der Waals surface area contributed by atoms with Gasteiger partial charge in [0.25, 0.3) is 5.91 Å². The van der Waals surface area contributed by atoms with Crippen LogP contribution in [0.5, 0.6) is 0 Å². The fourth-order valence-electron chi connectivity index (χ4n) is 2.57. The molecule has 0 aliphatic carbocycles. The molecule has 1 N–H and O–H groups in total. The van der Waals surface area contributed by atoms with E-state index in [0.29, 0.717) is 10.7 Å². The van der Waals surface area contributed by atoms with Crippen molar-refractivity contribution in [2.24, 2.45) is 7.05 Å². The Morgan fingerprint density at radius 1 is 1.28 bits per heavy atom. The van der Waals surface area contributed by atoms with E-state index in [1.807, 2.05) is 62.0 Å². The van der Waals surface area contributed by atoms with Gasteiger partial charge in [-0.3, -0.25) is 4.79 Å². The van der Waals surface area contributed by atoms with Crippen LogP contribution in [0.4, 0.5) is 0 Å². The second-order valence-corrected chi connectivity index (χ2v) is 6.53. The molecular weight excluding hydrogens is 336 g/mol. The maximum absolute atomic E-state index is 12.7. The molecule has 3 rings (SSSR count). The van der Waals surface area contributed by atoms with E-state index in [2.05, 4.69) is 10.4 Å². The van der Waals surface area contributed by atoms with Crippen molar-refractivity contribution in [2.75, 3.05) is 0 Å². The number of amides is 1. The highest BCUT2D eigenvalue weighted by molar-refractivity contribution is 6.30. The molecule has 0 aliphatic rings. The molecule has 25 heavy (non-hydrogen) atoms. The first-order valence-electron chi connectivity index (χ1n) is 8.28. The molecule has 0 saturated carbocycles. The molecule has 2 heterocycles. The Balaban J connectivity index is 2.07. The minimum atomic E-state index is -0.141. The van der Waals surface area contributed by atoms with Crippen molar-refractivity contribution in [1.82, 2.24) is 19.7 Å². The number of hydrogen-bond acceptors (Lipinski definition) is 2. The number of aromatic nitrogens is 3. The summed E-state index contributed by atoms with van der Waals surface area (Å²) in [5.41, 5.74) is 2.99. The zero-order chi connectivity index (χ0) is 18.0. The van der Waals surface area contributed by atoms with Crippen molar-refractivity contribution < 1.29 is 4.79 Å². The zero-order valence-electron chi connectivity index (χ0n) is 14.5. The lowest BCUT2D eigenvalue weighted by molar-refractivity contribution is 0.0931. The van der Waals surface area contributed by atoms with Crippen molar-refractivity contribution in [3.05, 3.63) is 59.4 Å². The highest BCUT2D eigenvalue weighted by Crippen LogP contribution is 2.23. The molecule has 1 unspecified atom stereocenters. The third-order valence-corrected chi connectivity index (χ3v) is 4.46. The van der Waals surface area contributed by atoms with Crippen LogP contribution in [0.2, 0.25) is 5.02 Å². The molecule has 0 spiro atoms. The Labute approximate surface area is 152 Å². The van der Waals surface area contributed by atoms with Gasteiger partial charge >= 0.3 is 0 Å². The molecule has 6 heteroatoms. The molecule has 0 saturated heterocycles. The number of benzene rings is 1. The average Bonchev–Trinajstić information content (AvgIpc) is 3.21. The van der Waals surface area contributed by atoms with Crippen LogP contribution in [0.25, 0.3) is 17.1 Å². The van der Waals surface area contributed by atoms with E-state index in [1.165, 1.54) is 0 Å². The van der Waals surface area contributed by atoms with Gasteiger partial charge in [-0.25, -0.2) is 4.68 Å². The van der Waals surface area contributed by atoms with Crippen LogP contribution in [0.3, 0.4) is 0 Å². The maximum Gasteiger partial charge on any atom is 0.270 e. The van der Waals surface area contributed by atoms with Crippen LogP contribution < -0.4 is 5.32 Å². The van der Waals surface area contributed by atoms with Gasteiger partial charge in [-0.05, 0) is 55.8 Å². The third kappa shape index (κ3) is 3.61. The van der Waals surface area contributed by atoms with Gasteiger partial charge in [0.2, 0.25) is 0 Å². The minimum absolute atomic E-state index is 0.0968. The molecule has 3 aromatic rings. The van der Waals surface area contributed by atoms with Crippen molar-refractivity contribution in [1.29, 1.82) is 0 Å². The number of nitrogens with one attached hydrogen (secondary N) is 1. The molecule has 0 radical (unpaired) electrons. The fourth-order valence-corrected chi connectivity index (χ4v) is 2.70. The number of hydrogen-bond donors (Lipinski definition) is 1. The van der Waals surface area contributed by atoms with Crippen LogP contribution in [-0.4, -0.2) is 26.3 Å². The molecule has 0 aliphatic heterocycles. The largest absolute Gasteiger partial charge is 0.349 e. The molecule has 2 aromatic heterocycles. The van der Waals surface area contributed by atoms with Gasteiger partial charge in [-0.2, -0.15) is 5.10 Å². The number of aryl methyl sites for hydroxylation is 1. The van der Waals surface area contributed by atoms with Gasteiger partial charge in [0.1, 0.15) is 11.4 Å². The molecule has 1 amide bonds. The molecule has 5 nitrogen and oxygen atoms in total. The second-order valence-electron chi connectivity index (χ2n) is 6.09. The Bertz CT molecular complexity index is 879. The van der Waals surface area contributed by atoms with Gasteiger partial charge in [0.15, 0.2) is 0 Å². The van der Waals surface area contributed by atoms with Gasteiger partial charge in [-0.1, -0.05) is 18.5 Å². The van der Waals surface area contributed by atoms with E-state index in [-0.39, 0.29) is 11.9 Å². The summed E-state index contributed by atoms with van der Waals surface area (Å²) in [6, 6.07) is 13.1. The summed E-state index contributed by atoms with van der Waals surface area (Å²) in [4.78, 5) is 12.7. The lowest BCUT2D eigenvalue weighted by atomic mass is 10.2. The smallest absolute Gasteiger partial charge is 0.270 e. The highest BCUT2D eigenvalue weighted by atomic mass is 35.5. The predicted octanol–water partition coefficient (Wildman–Crippen LogP) is 4.06. The number of rotatable bonds is 5. The summed E-state index contributed by atoms with van der Waals surface area (Å²) in [5.74, 6) is -0.141. The monoisotopic (exact) mass is 356 g/mol. The van der Waals surface area contributed by atoms with Crippen molar-refractivity contribution in [2.45, 2.75) is 26.3 Å². The van der Waals surface area contributed by atoms with Gasteiger partial charge in [0, 0.05) is 24.3 Å². The van der Waals surface area contributed by atoms with Crippen LogP contribution in [0, 0.1) is 0 Å². The van der Waals surface area contributed by atoms with E-state index >= 15 is 0 Å². The first-order chi connectivity index (χ1) is 12.0. The molecule has 0 fully saturated rings. The topological polar surface area (TPSA) is 51.9 Å². The second kappa shape index (κ2) is 7.15. The van der Waals surface area contributed by atoms with E-state index in [1.54, 1.807) is 16.8 Å². The van der Waals surface area contributed by atoms with Crippen LogP contribution in [-0.2, 0) is 7.05 Å². The summed E-state index contributed by atoms with van der Waals surface area (Å²) in [7, 11) is 1.95. The van der Waals surface area contributed by atoms with E-state index in [0.717, 1.165) is 23.5 Å². The van der Waals surface area contributed by atoms with Crippen LogP contribution in [0.15, 0.2) is 48.7 Å². The normalized spacial score (nSPS) is 12.2. The first kappa shape index (κ1) is 17.3. The summed E-state index contributed by atoms with van der Waals surface area (Å²) >= 11 is 5.98. The first-order valence-corrected chi connectivity index (χ1v) is 8.66. The van der Waals surface area contributed by atoms with Crippen LogP contribution >= 0.6 is 11.6 Å². The highest BCUT2D eigenvalue weighted by Gasteiger charge is 2.19. The van der Waals surface area contributed by atoms with Crippen molar-refractivity contribution in [3.63, 3.8) is 0 Å². The lowest BCUT2D eigenvalue weighted by Gasteiger charge is -2.12. The Morgan fingerprint density at radius 3 is 2.60 bits per heavy atom. The van der Waals surface area contributed by atoms with Crippen molar-refractivity contribution >= 4 is 17.5 Å². The molecule has 130 valence electrons. The molecular formula is C19H21ClN4O. The summed E-state index contributed by atoms with van der Waals surface area (Å²) in [5, 5.41) is 8.31. The molecule has 1 atom stereocenters. The Kier molecular flexibility index (Phi) is 4.95. The van der Waals surface area contributed by atoms with E-state index in [4.69, 9.17) is 11.6 Å². The van der Waals surface area contributed by atoms with Crippen molar-refractivity contribution in [3.8, 4) is 17.1 Å². The quantitative estimate of drug-likeness (QED) is 0.749. The lowest BCUT2D eigenvalue weighted by Crippen LogP contribution is -2.33. The summed E-state index contributed by atoms with van der Waals surface area (Å²) < 4.78 is 3.64. The van der Waals surface area contributed by atoms with E-state index < -0.39 is 0 Å². The molecule has 1 aromatic carbocycles. The third-order valence-electron chi connectivity index (χ3n) is 4.21. The summed E-state index contributed by atoms with van der Waals surface area (Å²) in [6.45, 7) is 4.02. The van der Waals surface area contributed by atoms with Gasteiger partial charge in [0.05, 0.1) is 11.4 Å². The SMILES string of the molecule is CCC(C)NC(=O)c1cc(-c2cccn2C)nn1-c1ccc(Cl)cc1. The number of nitrogens with zero attached hydrogens (tertiary/aromatic N) is 3. The number of carbonyl (C=O) groups is 1. The van der Waals surface area contributed by atoms with Gasteiger partial charge < -0.3 is 9.88 Å². The Morgan fingerprint density at radius 2 is 2.00 bits per heavy atom. The Hall–Kier alpha value is -2.53. The number of carbonyl (C=O) groups excluding carboxylic acids is 1. The molecule has 0 bridgehead atoms. The fraction of sp³-hybridized carbons (Fsp3) is 0.263.